The van der Waals surface area contributed by atoms with Gasteiger partial charge in [0.15, 0.2) is 5.82 Å². The summed E-state index contributed by atoms with van der Waals surface area (Å²) in [6.45, 7) is 2.04. The van der Waals surface area contributed by atoms with Crippen LogP contribution in [0.3, 0.4) is 0 Å². The van der Waals surface area contributed by atoms with Gasteiger partial charge in [0.2, 0.25) is 5.95 Å². The van der Waals surface area contributed by atoms with Crippen molar-refractivity contribution in [3.63, 3.8) is 0 Å². The fourth-order valence-electron chi connectivity index (χ4n) is 1.93. The largest absolute Gasteiger partial charge is 0.339 e. The Morgan fingerprint density at radius 3 is 2.50 bits per heavy atom. The molecule has 22 heavy (non-hydrogen) atoms. The second-order valence-electron chi connectivity index (χ2n) is 4.74. The zero-order valence-corrected chi connectivity index (χ0v) is 13.5. The molecule has 0 atom stereocenters. The normalized spacial score (nSPS) is 10.3. The number of hydrogen-bond acceptors (Lipinski definition) is 5. The number of hydrogen-bond donors (Lipinski definition) is 2. The predicted octanol–water partition coefficient (Wildman–Crippen LogP) is 4.43. The molecule has 0 saturated heterocycles. The molecule has 0 amide bonds. The quantitative estimate of drug-likeness (QED) is 0.724. The number of para-hydroxylation sites is 1. The molecule has 0 spiro atoms. The monoisotopic (exact) mass is 355 g/mol. The van der Waals surface area contributed by atoms with Crippen LogP contribution in [-0.2, 0) is 0 Å². The van der Waals surface area contributed by atoms with Crippen molar-refractivity contribution in [1.29, 1.82) is 0 Å². The van der Waals surface area contributed by atoms with Crippen molar-refractivity contribution >= 4 is 39.1 Å². The fourth-order valence-corrected chi connectivity index (χ4v) is 2.19. The van der Waals surface area contributed by atoms with Crippen LogP contribution in [0.15, 0.2) is 59.2 Å². The molecule has 0 aliphatic rings. The van der Waals surface area contributed by atoms with Gasteiger partial charge in [-0.1, -0.05) is 34.1 Å². The number of rotatable bonds is 4. The van der Waals surface area contributed by atoms with E-state index in [-0.39, 0.29) is 0 Å². The van der Waals surface area contributed by atoms with Gasteiger partial charge < -0.3 is 10.6 Å². The number of nitrogens with one attached hydrogen (secondary N) is 2. The molecular weight excluding hydrogens is 342 g/mol. The third-order valence-corrected chi connectivity index (χ3v) is 3.60. The zero-order chi connectivity index (χ0) is 15.4. The molecule has 0 saturated carbocycles. The second kappa shape index (κ2) is 6.53. The van der Waals surface area contributed by atoms with Crippen molar-refractivity contribution < 1.29 is 0 Å². The Morgan fingerprint density at radius 2 is 1.73 bits per heavy atom. The van der Waals surface area contributed by atoms with E-state index in [0.717, 1.165) is 21.4 Å². The summed E-state index contributed by atoms with van der Waals surface area (Å²) in [5.41, 5.74) is 3.04. The van der Waals surface area contributed by atoms with Crippen molar-refractivity contribution in [2.24, 2.45) is 0 Å². The minimum absolute atomic E-state index is 0.445. The number of benzene rings is 2. The standard InChI is InChI=1S/C16H14BrN5/c1-11-4-2-3-5-14(11)20-15-10-18-22-16(21-15)19-13-8-6-12(17)7-9-13/h2-10H,1H3,(H2,19,20,21,22). The maximum atomic E-state index is 4.42. The smallest absolute Gasteiger partial charge is 0.249 e. The summed E-state index contributed by atoms with van der Waals surface area (Å²) in [6, 6.07) is 15.8. The van der Waals surface area contributed by atoms with Gasteiger partial charge in [-0.2, -0.15) is 10.1 Å². The van der Waals surface area contributed by atoms with Gasteiger partial charge in [0.25, 0.3) is 0 Å². The SMILES string of the molecule is Cc1ccccc1Nc1cnnc(Nc2ccc(Br)cc2)n1. The molecule has 0 aliphatic heterocycles. The molecule has 5 nitrogen and oxygen atoms in total. The Labute approximate surface area is 137 Å². The van der Waals surface area contributed by atoms with Gasteiger partial charge in [-0.15, -0.1) is 5.10 Å². The van der Waals surface area contributed by atoms with Gasteiger partial charge >= 0.3 is 0 Å². The summed E-state index contributed by atoms with van der Waals surface area (Å²) in [7, 11) is 0. The molecular formula is C16H14BrN5. The van der Waals surface area contributed by atoms with Gasteiger partial charge in [0.05, 0.1) is 6.20 Å². The topological polar surface area (TPSA) is 62.7 Å². The molecule has 6 heteroatoms. The van der Waals surface area contributed by atoms with Crippen LogP contribution >= 0.6 is 15.9 Å². The number of anilines is 4. The lowest BCUT2D eigenvalue weighted by Crippen LogP contribution is -2.02. The highest BCUT2D eigenvalue weighted by Crippen LogP contribution is 2.20. The third kappa shape index (κ3) is 3.59. The third-order valence-electron chi connectivity index (χ3n) is 3.07. The van der Waals surface area contributed by atoms with Crippen molar-refractivity contribution in [3.05, 3.63) is 64.8 Å². The summed E-state index contributed by atoms with van der Waals surface area (Å²) in [5.74, 6) is 1.09. The maximum Gasteiger partial charge on any atom is 0.249 e. The van der Waals surface area contributed by atoms with Crippen LogP contribution in [0.2, 0.25) is 0 Å². The van der Waals surface area contributed by atoms with Gasteiger partial charge in [-0.05, 0) is 42.8 Å². The summed E-state index contributed by atoms with van der Waals surface area (Å²) >= 11 is 3.40. The van der Waals surface area contributed by atoms with Crippen LogP contribution in [0.5, 0.6) is 0 Å². The Hall–Kier alpha value is -2.47. The highest BCUT2D eigenvalue weighted by atomic mass is 79.9. The van der Waals surface area contributed by atoms with Gasteiger partial charge in [-0.3, -0.25) is 0 Å². The van der Waals surface area contributed by atoms with Crippen LogP contribution < -0.4 is 10.6 Å². The first-order valence-electron chi connectivity index (χ1n) is 6.76. The molecule has 1 aromatic heterocycles. The minimum atomic E-state index is 0.445. The highest BCUT2D eigenvalue weighted by molar-refractivity contribution is 9.10. The highest BCUT2D eigenvalue weighted by Gasteiger charge is 2.03. The van der Waals surface area contributed by atoms with Gasteiger partial charge in [0.1, 0.15) is 0 Å². The van der Waals surface area contributed by atoms with E-state index in [4.69, 9.17) is 0 Å². The predicted molar refractivity (Wildman–Crippen MR) is 91.7 cm³/mol. The minimum Gasteiger partial charge on any atom is -0.339 e. The molecule has 1 heterocycles. The van der Waals surface area contributed by atoms with E-state index in [1.165, 1.54) is 0 Å². The Kier molecular flexibility index (Phi) is 4.29. The molecule has 110 valence electrons. The molecule has 3 rings (SSSR count). The van der Waals surface area contributed by atoms with Crippen molar-refractivity contribution in [1.82, 2.24) is 15.2 Å². The number of nitrogens with zero attached hydrogens (tertiary/aromatic N) is 3. The lowest BCUT2D eigenvalue weighted by Gasteiger charge is -2.09. The van der Waals surface area contributed by atoms with E-state index in [1.54, 1.807) is 6.20 Å². The Morgan fingerprint density at radius 1 is 0.955 bits per heavy atom. The molecule has 0 fully saturated rings. The van der Waals surface area contributed by atoms with Crippen molar-refractivity contribution in [2.45, 2.75) is 6.92 Å². The maximum absolute atomic E-state index is 4.42. The lowest BCUT2D eigenvalue weighted by molar-refractivity contribution is 0.982. The summed E-state index contributed by atoms with van der Waals surface area (Å²) in [5, 5.41) is 14.3. The summed E-state index contributed by atoms with van der Waals surface area (Å²) in [6.07, 6.45) is 1.60. The molecule has 3 aromatic rings. The molecule has 0 aliphatic carbocycles. The number of aryl methyl sites for hydroxylation is 1. The lowest BCUT2D eigenvalue weighted by atomic mass is 10.2. The first-order chi connectivity index (χ1) is 10.7. The molecule has 0 unspecified atom stereocenters. The first kappa shape index (κ1) is 14.5. The van der Waals surface area contributed by atoms with Crippen LogP contribution in [-0.4, -0.2) is 15.2 Å². The van der Waals surface area contributed by atoms with Crippen molar-refractivity contribution in [3.8, 4) is 0 Å². The van der Waals surface area contributed by atoms with E-state index in [0.29, 0.717) is 11.8 Å². The van der Waals surface area contributed by atoms with Gasteiger partial charge in [0, 0.05) is 15.8 Å². The molecule has 2 aromatic carbocycles. The Bertz CT molecular complexity index is 773. The van der Waals surface area contributed by atoms with E-state index >= 15 is 0 Å². The van der Waals surface area contributed by atoms with Crippen LogP contribution in [0.1, 0.15) is 5.56 Å². The van der Waals surface area contributed by atoms with E-state index < -0.39 is 0 Å². The molecule has 0 bridgehead atoms. The average molecular weight is 356 g/mol. The fraction of sp³-hybridized carbons (Fsp3) is 0.0625. The number of halogens is 1. The second-order valence-corrected chi connectivity index (χ2v) is 5.65. The van der Waals surface area contributed by atoms with Crippen LogP contribution in [0, 0.1) is 6.92 Å². The Balaban J connectivity index is 1.78. The molecule has 0 radical (unpaired) electrons. The zero-order valence-electron chi connectivity index (χ0n) is 11.9. The number of aromatic nitrogens is 3. The summed E-state index contributed by atoms with van der Waals surface area (Å²) in [4.78, 5) is 4.42. The summed E-state index contributed by atoms with van der Waals surface area (Å²) < 4.78 is 1.02. The van der Waals surface area contributed by atoms with E-state index in [9.17, 15) is 0 Å². The van der Waals surface area contributed by atoms with Crippen LogP contribution in [0.25, 0.3) is 0 Å². The van der Waals surface area contributed by atoms with E-state index in [2.05, 4.69) is 41.7 Å². The van der Waals surface area contributed by atoms with Crippen molar-refractivity contribution in [2.75, 3.05) is 10.6 Å². The average Bonchev–Trinajstić information content (AvgIpc) is 2.52. The first-order valence-corrected chi connectivity index (χ1v) is 7.55. The van der Waals surface area contributed by atoms with E-state index in [1.807, 2.05) is 55.5 Å². The van der Waals surface area contributed by atoms with Gasteiger partial charge in [-0.25, -0.2) is 0 Å². The molecule has 2 N–H and O–H groups in total. The van der Waals surface area contributed by atoms with Crippen LogP contribution in [0.4, 0.5) is 23.1 Å².